The molecule has 8 heteroatoms. The first-order valence-corrected chi connectivity index (χ1v) is 11.6. The van der Waals surface area contributed by atoms with Crippen molar-refractivity contribution in [3.63, 3.8) is 0 Å². The Kier molecular flexibility index (Phi) is 8.45. The van der Waals surface area contributed by atoms with E-state index in [-0.39, 0.29) is 5.97 Å². The molecule has 1 heterocycles. The van der Waals surface area contributed by atoms with E-state index in [2.05, 4.69) is 4.57 Å². The lowest BCUT2D eigenvalue weighted by atomic mass is 10.2. The summed E-state index contributed by atoms with van der Waals surface area (Å²) >= 11 is 13.9. The molecule has 5 nitrogen and oxygen atoms in total. The van der Waals surface area contributed by atoms with Crippen molar-refractivity contribution in [3.05, 3.63) is 57.6 Å². The fourth-order valence-electron chi connectivity index (χ4n) is 3.03. The molecule has 0 saturated carbocycles. The van der Waals surface area contributed by atoms with E-state index >= 15 is 0 Å². The molecule has 0 spiro atoms. The summed E-state index contributed by atoms with van der Waals surface area (Å²) in [4.78, 5) is 16.9. The Balaban J connectivity index is 1.87. The molecule has 1 aromatic heterocycles. The topological polar surface area (TPSA) is 53.4 Å². The van der Waals surface area contributed by atoms with Crippen LogP contribution in [0.3, 0.4) is 0 Å². The van der Waals surface area contributed by atoms with Crippen LogP contribution < -0.4 is 0 Å². The number of aryl methyl sites for hydroxylation is 1. The Morgan fingerprint density at radius 1 is 1.13 bits per heavy atom. The molecule has 0 atom stereocenters. The van der Waals surface area contributed by atoms with Gasteiger partial charge in [0.2, 0.25) is 0 Å². The third kappa shape index (κ3) is 5.70. The summed E-state index contributed by atoms with van der Waals surface area (Å²) in [6.07, 6.45) is 0.869. The quantitative estimate of drug-likeness (QED) is 0.201. The van der Waals surface area contributed by atoms with E-state index in [1.807, 2.05) is 25.1 Å². The van der Waals surface area contributed by atoms with E-state index in [9.17, 15) is 4.79 Å². The molecule has 0 radical (unpaired) electrons. The molecule has 0 saturated heterocycles. The maximum Gasteiger partial charge on any atom is 0.338 e. The number of imidazole rings is 1. The van der Waals surface area contributed by atoms with E-state index in [0.717, 1.165) is 34.7 Å². The van der Waals surface area contributed by atoms with Gasteiger partial charge < -0.3 is 14.0 Å². The number of nitrogens with zero attached hydrogens (tertiary/aromatic N) is 2. The maximum atomic E-state index is 12.1. The van der Waals surface area contributed by atoms with Crippen LogP contribution in [-0.2, 0) is 21.8 Å². The SMILES string of the molecule is CCOCCCn1c(SCc2ccc(Cl)cc2Cl)nc2cc(C(=O)OCC)ccc21. The number of hydrogen-bond acceptors (Lipinski definition) is 5. The average molecular weight is 467 g/mol. The summed E-state index contributed by atoms with van der Waals surface area (Å²) in [5.74, 6) is 0.322. The zero-order valence-electron chi connectivity index (χ0n) is 17.0. The highest BCUT2D eigenvalue weighted by atomic mass is 35.5. The van der Waals surface area contributed by atoms with Gasteiger partial charge in [0.1, 0.15) is 0 Å². The zero-order chi connectivity index (χ0) is 21.5. The van der Waals surface area contributed by atoms with Gasteiger partial charge in [-0.1, -0.05) is 41.0 Å². The molecule has 0 aliphatic carbocycles. The summed E-state index contributed by atoms with van der Waals surface area (Å²) in [7, 11) is 0. The van der Waals surface area contributed by atoms with Crippen LogP contribution in [0.25, 0.3) is 11.0 Å². The lowest BCUT2D eigenvalue weighted by Crippen LogP contribution is -2.05. The monoisotopic (exact) mass is 466 g/mol. The molecule has 0 unspecified atom stereocenters. The highest BCUT2D eigenvalue weighted by Gasteiger charge is 2.15. The van der Waals surface area contributed by atoms with Gasteiger partial charge in [-0.05, 0) is 56.2 Å². The highest BCUT2D eigenvalue weighted by Crippen LogP contribution is 2.31. The van der Waals surface area contributed by atoms with Crippen LogP contribution in [0.4, 0.5) is 0 Å². The van der Waals surface area contributed by atoms with Crippen LogP contribution in [0.2, 0.25) is 10.0 Å². The predicted molar refractivity (Wildman–Crippen MR) is 123 cm³/mol. The van der Waals surface area contributed by atoms with Gasteiger partial charge in [0.05, 0.1) is 23.2 Å². The van der Waals surface area contributed by atoms with Gasteiger partial charge in [0, 0.05) is 35.6 Å². The number of esters is 1. The van der Waals surface area contributed by atoms with Crippen molar-refractivity contribution in [2.75, 3.05) is 19.8 Å². The Hall–Kier alpha value is -1.73. The number of hydrogen-bond donors (Lipinski definition) is 0. The Morgan fingerprint density at radius 3 is 2.70 bits per heavy atom. The van der Waals surface area contributed by atoms with Gasteiger partial charge in [0.15, 0.2) is 5.16 Å². The number of carbonyl (C=O) groups is 1. The van der Waals surface area contributed by atoms with Crippen molar-refractivity contribution in [2.45, 2.75) is 37.7 Å². The summed E-state index contributed by atoms with van der Waals surface area (Å²) in [6, 6.07) is 11.0. The Bertz CT molecular complexity index is 1020. The van der Waals surface area contributed by atoms with Crippen molar-refractivity contribution in [1.82, 2.24) is 9.55 Å². The molecule has 2 aromatic carbocycles. The van der Waals surface area contributed by atoms with E-state index < -0.39 is 0 Å². The molecule has 30 heavy (non-hydrogen) atoms. The van der Waals surface area contributed by atoms with Crippen LogP contribution >= 0.6 is 35.0 Å². The number of rotatable bonds is 10. The van der Waals surface area contributed by atoms with Crippen molar-refractivity contribution in [2.24, 2.45) is 0 Å². The molecular weight excluding hydrogens is 443 g/mol. The number of benzene rings is 2. The van der Waals surface area contributed by atoms with Gasteiger partial charge in [-0.25, -0.2) is 9.78 Å². The fraction of sp³-hybridized carbons (Fsp3) is 0.364. The molecule has 160 valence electrons. The smallest absolute Gasteiger partial charge is 0.338 e. The number of ether oxygens (including phenoxy) is 2. The Morgan fingerprint density at radius 2 is 1.97 bits per heavy atom. The number of carbonyl (C=O) groups excluding carboxylic acids is 1. The first kappa shape index (κ1) is 22.9. The van der Waals surface area contributed by atoms with Gasteiger partial charge in [0.25, 0.3) is 0 Å². The number of halogens is 2. The standard InChI is InChI=1S/C22H24Cl2N2O3S/c1-3-28-11-5-10-26-20-9-7-15(21(27)29-4-2)12-19(20)25-22(26)30-14-16-6-8-17(23)13-18(16)24/h6-9,12-13H,3-5,10-11,14H2,1-2H3. The Labute approximate surface area is 190 Å². The normalized spacial score (nSPS) is 11.2. The molecule has 0 aliphatic heterocycles. The molecular formula is C22H24Cl2N2O3S. The fourth-order valence-corrected chi connectivity index (χ4v) is 4.62. The van der Waals surface area contributed by atoms with E-state index in [4.69, 9.17) is 37.7 Å². The molecule has 0 fully saturated rings. The van der Waals surface area contributed by atoms with Gasteiger partial charge in [-0.3, -0.25) is 0 Å². The second-order valence-electron chi connectivity index (χ2n) is 6.54. The predicted octanol–water partition coefficient (Wildman–Crippen LogP) is 6.24. The minimum absolute atomic E-state index is 0.339. The third-order valence-electron chi connectivity index (χ3n) is 4.47. The summed E-state index contributed by atoms with van der Waals surface area (Å²) < 4.78 is 12.8. The minimum Gasteiger partial charge on any atom is -0.462 e. The van der Waals surface area contributed by atoms with Gasteiger partial charge >= 0.3 is 5.97 Å². The maximum absolute atomic E-state index is 12.1. The molecule has 3 aromatic rings. The van der Waals surface area contributed by atoms with Crippen LogP contribution in [0, 0.1) is 0 Å². The zero-order valence-corrected chi connectivity index (χ0v) is 19.3. The van der Waals surface area contributed by atoms with E-state index in [1.165, 1.54) is 0 Å². The lowest BCUT2D eigenvalue weighted by molar-refractivity contribution is 0.0526. The van der Waals surface area contributed by atoms with Crippen molar-refractivity contribution >= 4 is 52.0 Å². The molecule has 0 bridgehead atoms. The van der Waals surface area contributed by atoms with E-state index in [1.54, 1.807) is 36.9 Å². The first-order valence-electron chi connectivity index (χ1n) is 9.85. The first-order chi connectivity index (χ1) is 14.5. The minimum atomic E-state index is -0.340. The number of aromatic nitrogens is 2. The van der Waals surface area contributed by atoms with E-state index in [0.29, 0.717) is 41.2 Å². The second kappa shape index (κ2) is 11.0. The molecule has 3 rings (SSSR count). The van der Waals surface area contributed by atoms with Crippen molar-refractivity contribution < 1.29 is 14.3 Å². The molecule has 0 N–H and O–H groups in total. The van der Waals surface area contributed by atoms with Crippen LogP contribution in [0.5, 0.6) is 0 Å². The van der Waals surface area contributed by atoms with Crippen LogP contribution in [0.15, 0.2) is 41.6 Å². The largest absolute Gasteiger partial charge is 0.462 e. The van der Waals surface area contributed by atoms with Gasteiger partial charge in [-0.2, -0.15) is 0 Å². The molecule has 0 aliphatic rings. The average Bonchev–Trinajstić information content (AvgIpc) is 3.07. The van der Waals surface area contributed by atoms with Crippen LogP contribution in [-0.4, -0.2) is 35.3 Å². The summed E-state index contributed by atoms with van der Waals surface area (Å²) in [6.45, 7) is 6.27. The van der Waals surface area contributed by atoms with Crippen molar-refractivity contribution in [3.8, 4) is 0 Å². The van der Waals surface area contributed by atoms with Crippen molar-refractivity contribution in [1.29, 1.82) is 0 Å². The third-order valence-corrected chi connectivity index (χ3v) is 6.08. The number of fused-ring (bicyclic) bond motifs is 1. The van der Waals surface area contributed by atoms with Gasteiger partial charge in [-0.15, -0.1) is 0 Å². The molecule has 0 amide bonds. The van der Waals surface area contributed by atoms with Crippen LogP contribution in [0.1, 0.15) is 36.2 Å². The number of thioether (sulfide) groups is 1. The summed E-state index contributed by atoms with van der Waals surface area (Å²) in [5, 5.41) is 2.12. The lowest BCUT2D eigenvalue weighted by Gasteiger charge is -2.10. The summed E-state index contributed by atoms with van der Waals surface area (Å²) in [5.41, 5.74) is 3.23. The highest BCUT2D eigenvalue weighted by molar-refractivity contribution is 7.98. The second-order valence-corrected chi connectivity index (χ2v) is 8.33.